The summed E-state index contributed by atoms with van der Waals surface area (Å²) < 4.78 is 2.55. The number of rotatable bonds is 3. The van der Waals surface area contributed by atoms with Gasteiger partial charge in [-0.15, -0.1) is 11.3 Å². The Morgan fingerprint density at radius 1 is 0.519 bits per heavy atom. The molecule has 2 aromatic heterocycles. The fourth-order valence-corrected chi connectivity index (χ4v) is 12.7. The first kappa shape index (κ1) is 29.4. The fourth-order valence-electron chi connectivity index (χ4n) is 11.5. The first-order valence-electron chi connectivity index (χ1n) is 19.1. The summed E-state index contributed by atoms with van der Waals surface area (Å²) in [7, 11) is 0. The van der Waals surface area contributed by atoms with Gasteiger partial charge < -0.3 is 0 Å². The highest BCUT2D eigenvalue weighted by molar-refractivity contribution is 7.25. The number of aromatic nitrogens is 3. The summed E-state index contributed by atoms with van der Waals surface area (Å²) in [6, 6.07) is 46.9. The smallest absolute Gasteiger partial charge is 0.164 e. The van der Waals surface area contributed by atoms with Crippen molar-refractivity contribution in [3.63, 3.8) is 0 Å². The van der Waals surface area contributed by atoms with Crippen molar-refractivity contribution in [3.05, 3.63) is 139 Å². The zero-order chi connectivity index (χ0) is 34.0. The summed E-state index contributed by atoms with van der Waals surface area (Å²) in [5.41, 5.74) is 9.09. The molecule has 52 heavy (non-hydrogen) atoms. The minimum absolute atomic E-state index is 0.0505. The molecule has 0 aliphatic heterocycles. The average Bonchev–Trinajstić information content (AvgIpc) is 3.71. The van der Waals surface area contributed by atoms with E-state index in [1.165, 1.54) is 86.2 Å². The number of fused-ring (bicyclic) bond motifs is 9. The van der Waals surface area contributed by atoms with E-state index in [0.717, 1.165) is 40.2 Å². The summed E-state index contributed by atoms with van der Waals surface area (Å²) in [4.78, 5) is 16.0. The molecule has 5 atom stereocenters. The molecule has 3 nitrogen and oxygen atoms in total. The molecule has 4 aliphatic carbocycles. The Kier molecular flexibility index (Phi) is 6.17. The number of benzene rings is 6. The molecule has 0 saturated heterocycles. The molecule has 2 heterocycles. The number of hydrogen-bond acceptors (Lipinski definition) is 4. The third kappa shape index (κ3) is 3.99. The molecule has 6 aromatic carbocycles. The van der Waals surface area contributed by atoms with E-state index in [4.69, 9.17) is 15.0 Å². The van der Waals surface area contributed by atoms with E-state index < -0.39 is 0 Å². The van der Waals surface area contributed by atoms with E-state index >= 15 is 0 Å². The van der Waals surface area contributed by atoms with Crippen molar-refractivity contribution in [1.29, 1.82) is 0 Å². The molecule has 3 bridgehead atoms. The third-order valence-electron chi connectivity index (χ3n) is 13.5. The van der Waals surface area contributed by atoms with E-state index in [0.29, 0.717) is 17.7 Å². The standard InChI is InChI=1S/C48H37N3S/c1-2-10-31(11-3-1)45-49-46(32-20-23-36-35-13-6-7-16-41(35)52-42(36)27-32)51-47(50-45)37-14-8-15-38-44(37)43-34-12-5-4-9-29(34)21-24-39(43)48(38)33-22-19-30-18-17-28(25-33)26-40(30)48/h1-16,20-21,23-24,27-28,30,33,40H,17-19,22,25-26H2. The van der Waals surface area contributed by atoms with Crippen LogP contribution in [-0.2, 0) is 5.41 Å². The van der Waals surface area contributed by atoms with E-state index in [1.54, 1.807) is 5.56 Å². The summed E-state index contributed by atoms with van der Waals surface area (Å²) in [6.07, 6.45) is 8.27. The van der Waals surface area contributed by atoms with Gasteiger partial charge in [-0.3, -0.25) is 0 Å². The van der Waals surface area contributed by atoms with Crippen LogP contribution in [0.2, 0.25) is 0 Å². The molecule has 3 fully saturated rings. The normalized spacial score (nSPS) is 24.2. The van der Waals surface area contributed by atoms with Crippen molar-refractivity contribution in [1.82, 2.24) is 15.0 Å². The Morgan fingerprint density at radius 3 is 2.19 bits per heavy atom. The Bertz CT molecular complexity index is 2740. The second kappa shape index (κ2) is 10.9. The minimum Gasteiger partial charge on any atom is -0.208 e. The fraction of sp³-hybridized carbons (Fsp3) is 0.229. The SMILES string of the molecule is c1ccc(-c2nc(-c3ccc4c(c3)sc3ccccc34)nc(-c3cccc4c3-c3c(ccc5ccccc35)C43C4CCC5CCC(C4)CC53)n2)cc1. The van der Waals surface area contributed by atoms with Crippen LogP contribution in [0.25, 0.3) is 76.2 Å². The molecule has 8 aromatic rings. The molecule has 3 saturated carbocycles. The lowest BCUT2D eigenvalue weighted by molar-refractivity contribution is -0.0320. The maximum absolute atomic E-state index is 5.42. The molecule has 250 valence electrons. The minimum atomic E-state index is 0.0505. The van der Waals surface area contributed by atoms with Crippen LogP contribution in [0.15, 0.2) is 127 Å². The lowest BCUT2D eigenvalue weighted by atomic mass is 9.43. The highest BCUT2D eigenvalue weighted by Gasteiger charge is 2.61. The average molecular weight is 688 g/mol. The maximum Gasteiger partial charge on any atom is 0.164 e. The summed E-state index contributed by atoms with van der Waals surface area (Å²) in [5.74, 6) is 5.24. The van der Waals surface area contributed by atoms with Crippen molar-refractivity contribution < 1.29 is 0 Å². The Labute approximate surface area is 307 Å². The van der Waals surface area contributed by atoms with Gasteiger partial charge in [0.1, 0.15) is 0 Å². The molecule has 4 aliphatic rings. The van der Waals surface area contributed by atoms with Crippen LogP contribution in [0.5, 0.6) is 0 Å². The van der Waals surface area contributed by atoms with Crippen LogP contribution in [-0.4, -0.2) is 15.0 Å². The monoisotopic (exact) mass is 687 g/mol. The van der Waals surface area contributed by atoms with Crippen molar-refractivity contribution >= 4 is 42.3 Å². The van der Waals surface area contributed by atoms with Gasteiger partial charge in [-0.25, -0.2) is 15.0 Å². The Hall–Kier alpha value is -5.19. The Balaban J connectivity index is 1.13. The van der Waals surface area contributed by atoms with Crippen LogP contribution in [0.4, 0.5) is 0 Å². The van der Waals surface area contributed by atoms with Crippen LogP contribution in [0.3, 0.4) is 0 Å². The van der Waals surface area contributed by atoms with Gasteiger partial charge in [0.15, 0.2) is 17.5 Å². The number of nitrogens with zero attached hydrogens (tertiary/aromatic N) is 3. The highest BCUT2D eigenvalue weighted by atomic mass is 32.1. The van der Waals surface area contributed by atoms with Gasteiger partial charge >= 0.3 is 0 Å². The van der Waals surface area contributed by atoms with Gasteiger partial charge in [0.25, 0.3) is 0 Å². The van der Waals surface area contributed by atoms with Gasteiger partial charge in [0.05, 0.1) is 0 Å². The lowest BCUT2D eigenvalue weighted by Crippen LogP contribution is -2.55. The Morgan fingerprint density at radius 2 is 1.27 bits per heavy atom. The van der Waals surface area contributed by atoms with Crippen LogP contribution < -0.4 is 0 Å². The van der Waals surface area contributed by atoms with Crippen LogP contribution >= 0.6 is 11.3 Å². The molecule has 12 rings (SSSR count). The molecular formula is C48H37N3S. The molecule has 0 N–H and O–H groups in total. The third-order valence-corrected chi connectivity index (χ3v) is 14.6. The second-order valence-corrected chi connectivity index (χ2v) is 16.9. The summed E-state index contributed by atoms with van der Waals surface area (Å²) in [6.45, 7) is 0. The van der Waals surface area contributed by atoms with Crippen molar-refractivity contribution in [3.8, 4) is 45.3 Å². The highest BCUT2D eigenvalue weighted by Crippen LogP contribution is 2.70. The summed E-state index contributed by atoms with van der Waals surface area (Å²) in [5, 5.41) is 5.24. The predicted molar refractivity (Wildman–Crippen MR) is 214 cm³/mol. The quantitative estimate of drug-likeness (QED) is 0.186. The van der Waals surface area contributed by atoms with Gasteiger partial charge in [-0.1, -0.05) is 122 Å². The molecular weight excluding hydrogens is 651 g/mol. The predicted octanol–water partition coefficient (Wildman–Crippen LogP) is 12.5. The van der Waals surface area contributed by atoms with Gasteiger partial charge in [-0.05, 0) is 101 Å². The first-order valence-corrected chi connectivity index (χ1v) is 20.0. The van der Waals surface area contributed by atoms with Crippen molar-refractivity contribution in [2.24, 2.45) is 23.7 Å². The van der Waals surface area contributed by atoms with Crippen LogP contribution in [0, 0.1) is 23.7 Å². The second-order valence-electron chi connectivity index (χ2n) is 15.8. The molecule has 0 amide bonds. The maximum atomic E-state index is 5.42. The van der Waals surface area contributed by atoms with E-state index in [2.05, 4.69) is 127 Å². The molecule has 5 unspecified atom stereocenters. The first-order chi connectivity index (χ1) is 25.7. The van der Waals surface area contributed by atoms with Crippen LogP contribution in [0.1, 0.15) is 49.7 Å². The zero-order valence-corrected chi connectivity index (χ0v) is 29.7. The van der Waals surface area contributed by atoms with Crippen molar-refractivity contribution in [2.45, 2.75) is 43.9 Å². The van der Waals surface area contributed by atoms with Gasteiger partial charge in [0.2, 0.25) is 0 Å². The number of thiophene rings is 1. The van der Waals surface area contributed by atoms with E-state index in [-0.39, 0.29) is 5.41 Å². The zero-order valence-electron chi connectivity index (χ0n) is 28.9. The van der Waals surface area contributed by atoms with Gasteiger partial charge in [-0.2, -0.15) is 0 Å². The molecule has 1 spiro atoms. The van der Waals surface area contributed by atoms with Crippen molar-refractivity contribution in [2.75, 3.05) is 0 Å². The topological polar surface area (TPSA) is 38.7 Å². The largest absolute Gasteiger partial charge is 0.208 e. The molecule has 0 radical (unpaired) electrons. The van der Waals surface area contributed by atoms with E-state index in [9.17, 15) is 0 Å². The van der Waals surface area contributed by atoms with E-state index in [1.807, 2.05) is 11.3 Å². The lowest BCUT2D eigenvalue weighted by Gasteiger charge is -2.60. The van der Waals surface area contributed by atoms with Gasteiger partial charge in [0, 0.05) is 42.3 Å². The summed E-state index contributed by atoms with van der Waals surface area (Å²) >= 11 is 1.84. The number of hydrogen-bond donors (Lipinski definition) is 0. The molecule has 4 heteroatoms.